The Morgan fingerprint density at radius 3 is 2.67 bits per heavy atom. The van der Waals surface area contributed by atoms with Gasteiger partial charge in [0.25, 0.3) is 0 Å². The molecule has 86 valence electrons. The number of methoxy groups -OCH3 is 1. The number of hydrogen-bond donors (Lipinski definition) is 1. The highest BCUT2D eigenvalue weighted by Gasteiger charge is 2.15. The van der Waals surface area contributed by atoms with Gasteiger partial charge in [0.15, 0.2) is 0 Å². The lowest BCUT2D eigenvalue weighted by Gasteiger charge is -2.14. The van der Waals surface area contributed by atoms with Crippen LogP contribution in [0, 0.1) is 6.92 Å². The molecule has 0 amide bonds. The van der Waals surface area contributed by atoms with Gasteiger partial charge in [-0.15, -0.1) is 0 Å². The number of aromatic nitrogens is 2. The number of rotatable bonds is 5. The van der Waals surface area contributed by atoms with E-state index in [-0.39, 0.29) is 6.04 Å². The third-order valence-corrected chi connectivity index (χ3v) is 2.97. The normalized spacial score (nSPS) is 13.1. The third kappa shape index (κ3) is 2.93. The van der Waals surface area contributed by atoms with Crippen LogP contribution in [0.3, 0.4) is 0 Å². The fraction of sp³-hybridized carbons (Fsp3) is 0.700. The van der Waals surface area contributed by atoms with Gasteiger partial charge in [-0.1, -0.05) is 11.6 Å². The van der Waals surface area contributed by atoms with Crippen molar-refractivity contribution in [3.8, 4) is 0 Å². The average Bonchev–Trinajstić information content (AvgIpc) is 2.44. The van der Waals surface area contributed by atoms with E-state index in [4.69, 9.17) is 16.3 Å². The second kappa shape index (κ2) is 5.49. The summed E-state index contributed by atoms with van der Waals surface area (Å²) in [5.41, 5.74) is 2.08. The van der Waals surface area contributed by atoms with Crippen molar-refractivity contribution < 1.29 is 4.74 Å². The van der Waals surface area contributed by atoms with Gasteiger partial charge in [0.05, 0.1) is 12.3 Å². The van der Waals surface area contributed by atoms with Gasteiger partial charge in [0.1, 0.15) is 5.15 Å². The van der Waals surface area contributed by atoms with E-state index in [0.29, 0.717) is 11.8 Å². The average molecular weight is 232 g/mol. The van der Waals surface area contributed by atoms with Crippen LogP contribution >= 0.6 is 11.6 Å². The lowest BCUT2D eigenvalue weighted by atomic mass is 10.1. The number of ether oxygens (including phenoxy) is 1. The molecule has 1 heterocycles. The van der Waals surface area contributed by atoms with Crippen LogP contribution in [0.25, 0.3) is 0 Å². The van der Waals surface area contributed by atoms with Crippen LogP contribution in [0.1, 0.15) is 11.3 Å². The van der Waals surface area contributed by atoms with E-state index >= 15 is 0 Å². The fourth-order valence-electron chi connectivity index (χ4n) is 1.60. The minimum absolute atomic E-state index is 0.274. The van der Waals surface area contributed by atoms with Crippen molar-refractivity contribution in [1.82, 2.24) is 15.1 Å². The summed E-state index contributed by atoms with van der Waals surface area (Å²) >= 11 is 6.15. The van der Waals surface area contributed by atoms with E-state index in [9.17, 15) is 0 Å². The smallest absolute Gasteiger partial charge is 0.130 e. The maximum absolute atomic E-state index is 6.15. The van der Waals surface area contributed by atoms with Gasteiger partial charge >= 0.3 is 0 Å². The van der Waals surface area contributed by atoms with Crippen LogP contribution in [-0.4, -0.2) is 36.6 Å². The van der Waals surface area contributed by atoms with Gasteiger partial charge in [-0.3, -0.25) is 4.68 Å². The van der Waals surface area contributed by atoms with Crippen LogP contribution in [0.4, 0.5) is 0 Å². The van der Waals surface area contributed by atoms with Crippen LogP contribution in [-0.2, 0) is 18.2 Å². The van der Waals surface area contributed by atoms with Gasteiger partial charge < -0.3 is 10.1 Å². The summed E-state index contributed by atoms with van der Waals surface area (Å²) in [5, 5.41) is 8.18. The van der Waals surface area contributed by atoms with Crippen molar-refractivity contribution in [2.75, 3.05) is 20.8 Å². The Balaban J connectivity index is 2.78. The standard InChI is InChI=1S/C10H18ClN3O/c1-7-9(10(11)14(3)13-7)5-8(12-2)6-15-4/h8,12H,5-6H2,1-4H3. The molecule has 0 fully saturated rings. The van der Waals surface area contributed by atoms with Crippen molar-refractivity contribution in [2.24, 2.45) is 7.05 Å². The Kier molecular flexibility index (Phi) is 4.57. The highest BCUT2D eigenvalue weighted by atomic mass is 35.5. The van der Waals surface area contributed by atoms with E-state index < -0.39 is 0 Å². The quantitative estimate of drug-likeness (QED) is 0.827. The summed E-state index contributed by atoms with van der Waals surface area (Å²) < 4.78 is 6.82. The minimum Gasteiger partial charge on any atom is -0.383 e. The molecule has 15 heavy (non-hydrogen) atoms. The maximum Gasteiger partial charge on any atom is 0.130 e. The molecule has 0 bridgehead atoms. The number of aryl methyl sites for hydroxylation is 2. The minimum atomic E-state index is 0.274. The van der Waals surface area contributed by atoms with E-state index in [1.807, 2.05) is 21.0 Å². The van der Waals surface area contributed by atoms with Crippen LogP contribution < -0.4 is 5.32 Å². The Morgan fingerprint density at radius 1 is 1.60 bits per heavy atom. The number of hydrogen-bond acceptors (Lipinski definition) is 3. The zero-order valence-corrected chi connectivity index (χ0v) is 10.4. The molecule has 0 spiro atoms. The number of likely N-dealkylation sites (N-methyl/N-ethyl adjacent to an activating group) is 1. The Labute approximate surface area is 95.6 Å². The van der Waals surface area contributed by atoms with Crippen molar-refractivity contribution in [3.63, 3.8) is 0 Å². The van der Waals surface area contributed by atoms with Gasteiger partial charge in [-0.05, 0) is 20.4 Å². The zero-order chi connectivity index (χ0) is 11.4. The molecular weight excluding hydrogens is 214 g/mol. The largest absolute Gasteiger partial charge is 0.383 e. The molecule has 1 unspecified atom stereocenters. The molecule has 0 aliphatic heterocycles. The summed E-state index contributed by atoms with van der Waals surface area (Å²) in [6, 6.07) is 0.274. The van der Waals surface area contributed by atoms with Gasteiger partial charge in [0.2, 0.25) is 0 Å². The molecule has 5 heteroatoms. The fourth-order valence-corrected chi connectivity index (χ4v) is 1.85. The molecular formula is C10H18ClN3O. The Bertz CT molecular complexity index is 325. The van der Waals surface area contributed by atoms with Crippen LogP contribution in [0.2, 0.25) is 5.15 Å². The van der Waals surface area contributed by atoms with Crippen molar-refractivity contribution >= 4 is 11.6 Å². The first-order valence-electron chi connectivity index (χ1n) is 4.94. The first-order chi connectivity index (χ1) is 7.10. The highest BCUT2D eigenvalue weighted by Crippen LogP contribution is 2.20. The van der Waals surface area contributed by atoms with E-state index in [0.717, 1.165) is 17.7 Å². The first-order valence-corrected chi connectivity index (χ1v) is 5.32. The molecule has 0 aromatic carbocycles. The van der Waals surface area contributed by atoms with Gasteiger partial charge in [-0.2, -0.15) is 5.10 Å². The topological polar surface area (TPSA) is 39.1 Å². The summed E-state index contributed by atoms with van der Waals surface area (Å²) in [6.07, 6.45) is 0.836. The predicted octanol–water partition coefficient (Wildman–Crippen LogP) is 1.16. The lowest BCUT2D eigenvalue weighted by Crippen LogP contribution is -2.32. The Hall–Kier alpha value is -0.580. The molecule has 1 aromatic heterocycles. The van der Waals surface area contributed by atoms with Gasteiger partial charge in [-0.25, -0.2) is 0 Å². The molecule has 1 rings (SSSR count). The molecule has 4 nitrogen and oxygen atoms in total. The summed E-state index contributed by atoms with van der Waals surface area (Å²) in [4.78, 5) is 0. The maximum atomic E-state index is 6.15. The highest BCUT2D eigenvalue weighted by molar-refractivity contribution is 6.30. The zero-order valence-electron chi connectivity index (χ0n) is 9.67. The van der Waals surface area contributed by atoms with E-state index in [1.165, 1.54) is 0 Å². The molecule has 0 saturated carbocycles. The number of halogens is 1. The summed E-state index contributed by atoms with van der Waals surface area (Å²) in [5.74, 6) is 0. The second-order valence-electron chi connectivity index (χ2n) is 3.62. The number of nitrogens with zero attached hydrogens (tertiary/aromatic N) is 2. The predicted molar refractivity (Wildman–Crippen MR) is 61.4 cm³/mol. The second-order valence-corrected chi connectivity index (χ2v) is 3.98. The molecule has 0 radical (unpaired) electrons. The SMILES string of the molecule is CNC(COC)Cc1c(C)nn(C)c1Cl. The summed E-state index contributed by atoms with van der Waals surface area (Å²) in [7, 11) is 5.47. The molecule has 1 aromatic rings. The van der Waals surface area contributed by atoms with Crippen LogP contribution in [0.15, 0.2) is 0 Å². The molecule has 1 atom stereocenters. The molecule has 0 aliphatic carbocycles. The van der Waals surface area contributed by atoms with Gasteiger partial charge in [0, 0.05) is 25.8 Å². The lowest BCUT2D eigenvalue weighted by molar-refractivity contribution is 0.169. The van der Waals surface area contributed by atoms with Crippen LogP contribution in [0.5, 0.6) is 0 Å². The monoisotopic (exact) mass is 231 g/mol. The first kappa shape index (κ1) is 12.5. The molecule has 0 saturated heterocycles. The number of nitrogens with one attached hydrogen (secondary N) is 1. The summed E-state index contributed by atoms with van der Waals surface area (Å²) in [6.45, 7) is 2.64. The van der Waals surface area contributed by atoms with Crippen molar-refractivity contribution in [3.05, 3.63) is 16.4 Å². The van der Waals surface area contributed by atoms with Crippen molar-refractivity contribution in [1.29, 1.82) is 0 Å². The molecule has 0 aliphatic rings. The third-order valence-electron chi connectivity index (χ3n) is 2.50. The molecule has 1 N–H and O–H groups in total. The van der Waals surface area contributed by atoms with Crippen molar-refractivity contribution in [2.45, 2.75) is 19.4 Å². The van der Waals surface area contributed by atoms with E-state index in [2.05, 4.69) is 10.4 Å². The Morgan fingerprint density at radius 2 is 2.27 bits per heavy atom. The van der Waals surface area contributed by atoms with E-state index in [1.54, 1.807) is 11.8 Å².